The van der Waals surface area contributed by atoms with Gasteiger partial charge in [-0.1, -0.05) is 5.16 Å². The Hall–Kier alpha value is -4.36. The van der Waals surface area contributed by atoms with E-state index in [1.807, 2.05) is 19.1 Å². The molecule has 2 N–H and O–H groups in total. The second-order valence-electron chi connectivity index (χ2n) is 11.5. The van der Waals surface area contributed by atoms with Gasteiger partial charge in [0.2, 0.25) is 5.91 Å². The number of hydrogen-bond donors (Lipinski definition) is 2. The summed E-state index contributed by atoms with van der Waals surface area (Å²) < 4.78 is 13.0. The summed E-state index contributed by atoms with van der Waals surface area (Å²) in [6.07, 6.45) is 5.53. The van der Waals surface area contributed by atoms with E-state index in [9.17, 15) is 24.3 Å². The van der Waals surface area contributed by atoms with E-state index in [2.05, 4.69) is 20.4 Å². The van der Waals surface area contributed by atoms with Gasteiger partial charge in [0.05, 0.1) is 12.2 Å². The second kappa shape index (κ2) is 12.7. The molecular formula is C31H36N6O7. The summed E-state index contributed by atoms with van der Waals surface area (Å²) in [5.41, 5.74) is 2.99. The Kier molecular flexibility index (Phi) is 8.58. The van der Waals surface area contributed by atoms with Crippen LogP contribution >= 0.6 is 0 Å². The number of aliphatic hydroxyl groups excluding tert-OH is 1. The highest BCUT2D eigenvalue weighted by molar-refractivity contribution is 6.14. The van der Waals surface area contributed by atoms with Crippen LogP contribution in [0.1, 0.15) is 60.5 Å². The van der Waals surface area contributed by atoms with Gasteiger partial charge in [0.15, 0.2) is 5.58 Å². The fraction of sp³-hybridized carbons (Fsp3) is 0.484. The summed E-state index contributed by atoms with van der Waals surface area (Å²) in [5.74, 6) is -0.103. The molecule has 0 saturated carbocycles. The largest absolute Gasteiger partial charge is 0.492 e. The molecule has 6 rings (SSSR count). The normalized spacial score (nSPS) is 19.1. The highest BCUT2D eigenvalue weighted by Crippen LogP contribution is 2.34. The van der Waals surface area contributed by atoms with Crippen LogP contribution in [0.15, 0.2) is 39.7 Å². The number of likely N-dealkylation sites (tertiary alicyclic amines) is 1. The van der Waals surface area contributed by atoms with Crippen LogP contribution in [0.25, 0.3) is 11.0 Å². The van der Waals surface area contributed by atoms with Crippen LogP contribution < -0.4 is 15.6 Å². The zero-order valence-electron chi connectivity index (χ0n) is 24.7. The van der Waals surface area contributed by atoms with Crippen molar-refractivity contribution in [2.24, 2.45) is 0 Å². The van der Waals surface area contributed by atoms with Crippen molar-refractivity contribution in [3.8, 4) is 5.75 Å². The standard InChI is InChI=1S/C31H36N6O7/c1-19-22(31(42)36-12-2-3-24(38)30(36)33-19)10-15-35-13-8-20(9-14-35)29-23-5-4-21(17-25(23)44-34-29)43-16-11-32-26(39)18-37-27(40)6-7-28(37)41/h4-7,17,20,24,38H,2-3,8-16,18H2,1H3,(H,32,39). The maximum Gasteiger partial charge on any atom is 0.257 e. The highest BCUT2D eigenvalue weighted by atomic mass is 16.5. The Labute approximate surface area is 253 Å². The van der Waals surface area contributed by atoms with Gasteiger partial charge in [0.25, 0.3) is 17.4 Å². The zero-order valence-corrected chi connectivity index (χ0v) is 24.7. The van der Waals surface area contributed by atoms with Gasteiger partial charge < -0.3 is 24.6 Å². The molecule has 1 saturated heterocycles. The first-order valence-corrected chi connectivity index (χ1v) is 15.1. The number of piperidine rings is 1. The van der Waals surface area contributed by atoms with Gasteiger partial charge in [-0.15, -0.1) is 0 Å². The number of nitrogens with one attached hydrogen (secondary N) is 1. The average Bonchev–Trinajstić information content (AvgIpc) is 3.58. The molecule has 232 valence electrons. The Morgan fingerprint density at radius 2 is 1.89 bits per heavy atom. The third kappa shape index (κ3) is 6.15. The van der Waals surface area contributed by atoms with Crippen molar-refractivity contribution < 1.29 is 28.8 Å². The minimum Gasteiger partial charge on any atom is -0.492 e. The van der Waals surface area contributed by atoms with E-state index in [-0.39, 0.29) is 31.2 Å². The van der Waals surface area contributed by atoms with Gasteiger partial charge in [-0.05, 0) is 64.3 Å². The molecular weight excluding hydrogens is 568 g/mol. The van der Waals surface area contributed by atoms with Crippen LogP contribution in [-0.2, 0) is 27.3 Å². The van der Waals surface area contributed by atoms with Gasteiger partial charge in [-0.2, -0.15) is 0 Å². The maximum atomic E-state index is 13.1. The van der Waals surface area contributed by atoms with E-state index < -0.39 is 23.8 Å². The number of aliphatic hydroxyl groups is 1. The van der Waals surface area contributed by atoms with Gasteiger partial charge in [-0.25, -0.2) is 4.98 Å². The molecule has 3 amide bonds. The predicted molar refractivity (Wildman–Crippen MR) is 158 cm³/mol. The zero-order chi connectivity index (χ0) is 30.8. The number of hydrogen-bond acceptors (Lipinski definition) is 10. The van der Waals surface area contributed by atoms with Crippen LogP contribution in [0.5, 0.6) is 5.75 Å². The smallest absolute Gasteiger partial charge is 0.257 e. The quantitative estimate of drug-likeness (QED) is 0.256. The van der Waals surface area contributed by atoms with Crippen LogP contribution in [0.3, 0.4) is 0 Å². The molecule has 0 radical (unpaired) electrons. The number of aryl methyl sites for hydroxylation is 1. The van der Waals surface area contributed by atoms with Crippen molar-refractivity contribution >= 4 is 28.7 Å². The lowest BCUT2D eigenvalue weighted by Gasteiger charge is -2.31. The minimum atomic E-state index is -0.665. The molecule has 1 unspecified atom stereocenters. The minimum absolute atomic E-state index is 0.0195. The highest BCUT2D eigenvalue weighted by Gasteiger charge is 2.28. The number of ether oxygens (including phenoxy) is 1. The summed E-state index contributed by atoms with van der Waals surface area (Å²) in [4.78, 5) is 56.1. The van der Waals surface area contributed by atoms with E-state index in [0.717, 1.165) is 72.6 Å². The Morgan fingerprint density at radius 1 is 1.11 bits per heavy atom. The van der Waals surface area contributed by atoms with E-state index in [1.54, 1.807) is 10.6 Å². The van der Waals surface area contributed by atoms with Crippen molar-refractivity contribution in [2.45, 2.75) is 57.6 Å². The molecule has 0 bridgehead atoms. The molecule has 3 aromatic rings. The van der Waals surface area contributed by atoms with Gasteiger partial charge in [-0.3, -0.25) is 28.6 Å². The fourth-order valence-corrected chi connectivity index (χ4v) is 6.22. The van der Waals surface area contributed by atoms with Crippen molar-refractivity contribution in [1.29, 1.82) is 0 Å². The van der Waals surface area contributed by atoms with Crippen LogP contribution in [0.2, 0.25) is 0 Å². The molecule has 1 atom stereocenters. The second-order valence-corrected chi connectivity index (χ2v) is 11.5. The number of benzene rings is 1. The number of aromatic nitrogens is 3. The number of nitrogens with zero attached hydrogens (tertiary/aromatic N) is 5. The summed E-state index contributed by atoms with van der Waals surface area (Å²) in [5, 5.41) is 18.2. The number of imide groups is 1. The molecule has 44 heavy (non-hydrogen) atoms. The molecule has 13 nitrogen and oxygen atoms in total. The first kappa shape index (κ1) is 29.7. The molecule has 13 heteroatoms. The Morgan fingerprint density at radius 3 is 2.66 bits per heavy atom. The average molecular weight is 605 g/mol. The van der Waals surface area contributed by atoms with Crippen molar-refractivity contribution in [1.82, 2.24) is 29.8 Å². The maximum absolute atomic E-state index is 13.1. The van der Waals surface area contributed by atoms with E-state index in [1.165, 1.54) is 0 Å². The molecule has 5 heterocycles. The summed E-state index contributed by atoms with van der Waals surface area (Å²) in [6.45, 7) is 5.11. The molecule has 0 spiro atoms. The van der Waals surface area contributed by atoms with Crippen LogP contribution in [-0.4, -0.2) is 86.7 Å². The lowest BCUT2D eigenvalue weighted by molar-refractivity contribution is -0.141. The molecule has 3 aliphatic heterocycles. The van der Waals surface area contributed by atoms with Gasteiger partial charge in [0.1, 0.15) is 30.8 Å². The lowest BCUT2D eigenvalue weighted by Crippen LogP contribution is -2.41. The monoisotopic (exact) mass is 604 g/mol. The van der Waals surface area contributed by atoms with Crippen molar-refractivity contribution in [2.75, 3.05) is 39.3 Å². The molecule has 3 aliphatic rings. The predicted octanol–water partition coefficient (Wildman–Crippen LogP) is 1.36. The van der Waals surface area contributed by atoms with Gasteiger partial charge in [0, 0.05) is 53.9 Å². The van der Waals surface area contributed by atoms with Crippen LogP contribution in [0.4, 0.5) is 0 Å². The first-order chi connectivity index (χ1) is 21.3. The third-order valence-electron chi connectivity index (χ3n) is 8.68. The number of fused-ring (bicyclic) bond motifs is 2. The van der Waals surface area contributed by atoms with Gasteiger partial charge >= 0.3 is 0 Å². The summed E-state index contributed by atoms with van der Waals surface area (Å²) >= 11 is 0. The first-order valence-electron chi connectivity index (χ1n) is 15.1. The van der Waals surface area contributed by atoms with Crippen LogP contribution in [0, 0.1) is 6.92 Å². The number of rotatable bonds is 10. The Bertz CT molecular complexity index is 1650. The SMILES string of the molecule is Cc1nc2n(c(=O)c1CCN1CCC(c3noc4cc(OCCNC(=O)CN5C(=O)C=CC5=O)ccc34)CC1)CCCC2O. The Balaban J connectivity index is 0.973. The third-order valence-corrected chi connectivity index (χ3v) is 8.68. The van der Waals surface area contributed by atoms with Crippen molar-refractivity contribution in [3.63, 3.8) is 0 Å². The lowest BCUT2D eigenvalue weighted by atomic mass is 9.91. The molecule has 1 aromatic carbocycles. The molecule has 0 aliphatic carbocycles. The van der Waals surface area contributed by atoms with Crippen molar-refractivity contribution in [3.05, 3.63) is 63.5 Å². The molecule has 1 fully saturated rings. The summed E-state index contributed by atoms with van der Waals surface area (Å²) in [6, 6.07) is 5.57. The summed E-state index contributed by atoms with van der Waals surface area (Å²) in [7, 11) is 0. The topological polar surface area (TPSA) is 160 Å². The van der Waals surface area contributed by atoms with E-state index >= 15 is 0 Å². The fourth-order valence-electron chi connectivity index (χ4n) is 6.22. The molecule has 2 aromatic heterocycles. The number of carbonyl (C=O) groups is 3. The van der Waals surface area contributed by atoms with E-state index in [4.69, 9.17) is 9.26 Å². The number of carbonyl (C=O) groups excluding carboxylic acids is 3. The number of amides is 3. The van der Waals surface area contributed by atoms with E-state index in [0.29, 0.717) is 42.2 Å².